The van der Waals surface area contributed by atoms with Gasteiger partial charge in [-0.25, -0.2) is 4.79 Å². The van der Waals surface area contributed by atoms with E-state index in [0.29, 0.717) is 23.8 Å². The second-order valence-electron chi connectivity index (χ2n) is 6.46. The van der Waals surface area contributed by atoms with Crippen molar-refractivity contribution < 1.29 is 9.90 Å². The average Bonchev–Trinajstić information content (AvgIpc) is 2.86. The van der Waals surface area contributed by atoms with Crippen LogP contribution in [0.4, 0.5) is 0 Å². The minimum Gasteiger partial charge on any atom is -0.478 e. The number of pyridine rings is 1. The maximum absolute atomic E-state index is 11.5. The summed E-state index contributed by atoms with van der Waals surface area (Å²) in [6.45, 7) is 1.55. The van der Waals surface area contributed by atoms with Gasteiger partial charge in [0.15, 0.2) is 0 Å². The summed E-state index contributed by atoms with van der Waals surface area (Å²) in [6.07, 6.45) is 10.8. The number of aromatic nitrogens is 1. The lowest BCUT2D eigenvalue weighted by Gasteiger charge is -2.27. The first-order chi connectivity index (χ1) is 12.2. The van der Waals surface area contributed by atoms with E-state index in [9.17, 15) is 9.90 Å². The number of hydrogen-bond donors (Lipinski definition) is 1. The van der Waals surface area contributed by atoms with Crippen molar-refractivity contribution in [1.29, 1.82) is 0 Å². The molecule has 2 heterocycles. The minimum atomic E-state index is -0.908. The van der Waals surface area contributed by atoms with Gasteiger partial charge < -0.3 is 5.11 Å². The van der Waals surface area contributed by atoms with Crippen LogP contribution in [0.2, 0.25) is 0 Å². The Labute approximate surface area is 148 Å². The summed E-state index contributed by atoms with van der Waals surface area (Å²) in [5, 5.41) is 9.40. The maximum atomic E-state index is 11.5. The molecule has 1 aliphatic heterocycles. The number of hydrogen-bond acceptors (Lipinski definition) is 3. The summed E-state index contributed by atoms with van der Waals surface area (Å²) in [5.41, 5.74) is 2.14. The molecule has 1 aliphatic rings. The highest BCUT2D eigenvalue weighted by atomic mass is 16.4. The van der Waals surface area contributed by atoms with E-state index >= 15 is 0 Å². The van der Waals surface area contributed by atoms with Crippen molar-refractivity contribution in [2.24, 2.45) is 0 Å². The highest BCUT2D eigenvalue weighted by Gasteiger charge is 2.21. The molecule has 0 aliphatic carbocycles. The van der Waals surface area contributed by atoms with Crippen LogP contribution in [0.3, 0.4) is 0 Å². The number of carbonyl (C=O) groups is 1. The third-order valence-electron chi connectivity index (χ3n) is 4.70. The van der Waals surface area contributed by atoms with Crippen molar-refractivity contribution in [3.63, 3.8) is 0 Å². The van der Waals surface area contributed by atoms with Crippen LogP contribution in [0, 0.1) is 0 Å². The van der Waals surface area contributed by atoms with Gasteiger partial charge in [-0.15, -0.1) is 0 Å². The monoisotopic (exact) mass is 336 g/mol. The Morgan fingerprint density at radius 2 is 2.00 bits per heavy atom. The summed E-state index contributed by atoms with van der Waals surface area (Å²) in [5.74, 6) is -0.908. The molecule has 4 heteroatoms. The second-order valence-corrected chi connectivity index (χ2v) is 6.46. The molecule has 130 valence electrons. The number of nitrogens with zero attached hydrogens (tertiary/aromatic N) is 2. The molecule has 2 aromatic rings. The SMILES string of the molecule is O=C(O)c1cccnc1CN1CCCCCC1/C=C/c1ccccc1. The molecular weight excluding hydrogens is 312 g/mol. The zero-order valence-corrected chi connectivity index (χ0v) is 14.3. The molecule has 0 spiro atoms. The van der Waals surface area contributed by atoms with Crippen molar-refractivity contribution in [1.82, 2.24) is 9.88 Å². The van der Waals surface area contributed by atoms with Crippen molar-refractivity contribution >= 4 is 12.0 Å². The number of aromatic carboxylic acids is 1. The summed E-state index contributed by atoms with van der Waals surface area (Å²) >= 11 is 0. The number of rotatable bonds is 5. The number of benzene rings is 1. The van der Waals surface area contributed by atoms with Crippen LogP contribution >= 0.6 is 0 Å². The van der Waals surface area contributed by atoms with Gasteiger partial charge in [0.25, 0.3) is 0 Å². The molecule has 1 unspecified atom stereocenters. The Morgan fingerprint density at radius 3 is 2.80 bits per heavy atom. The van der Waals surface area contributed by atoms with E-state index in [4.69, 9.17) is 0 Å². The Morgan fingerprint density at radius 1 is 1.16 bits per heavy atom. The van der Waals surface area contributed by atoms with E-state index in [1.165, 1.54) is 18.4 Å². The van der Waals surface area contributed by atoms with Gasteiger partial charge in [-0.3, -0.25) is 9.88 Å². The molecule has 1 N–H and O–H groups in total. The quantitative estimate of drug-likeness (QED) is 0.887. The standard InChI is InChI=1S/C21H24N2O2/c24-21(25)19-11-7-14-22-20(19)16-23-15-6-2-5-10-18(23)13-12-17-8-3-1-4-9-17/h1,3-4,7-9,11-14,18H,2,5-6,10,15-16H2,(H,24,25)/b13-12+. The Hall–Kier alpha value is -2.46. The van der Waals surface area contributed by atoms with E-state index in [1.54, 1.807) is 18.3 Å². The first kappa shape index (κ1) is 17.4. The molecule has 4 nitrogen and oxygen atoms in total. The molecule has 0 radical (unpaired) electrons. The number of likely N-dealkylation sites (tertiary alicyclic amines) is 1. The largest absolute Gasteiger partial charge is 0.478 e. The van der Waals surface area contributed by atoms with Crippen molar-refractivity contribution in [2.45, 2.75) is 38.3 Å². The number of carboxylic acid groups (broad SMARTS) is 1. The average molecular weight is 336 g/mol. The maximum Gasteiger partial charge on any atom is 0.337 e. The van der Waals surface area contributed by atoms with Crippen molar-refractivity contribution in [3.05, 3.63) is 71.6 Å². The molecule has 1 saturated heterocycles. The van der Waals surface area contributed by atoms with Crippen LogP contribution in [0.25, 0.3) is 6.08 Å². The molecule has 1 aromatic carbocycles. The molecule has 1 fully saturated rings. The normalized spacial score (nSPS) is 19.0. The topological polar surface area (TPSA) is 53.4 Å². The zero-order chi connectivity index (χ0) is 17.5. The third kappa shape index (κ3) is 4.77. The molecule has 25 heavy (non-hydrogen) atoms. The summed E-state index contributed by atoms with van der Waals surface area (Å²) in [4.78, 5) is 18.1. The second kappa shape index (κ2) is 8.58. The van der Waals surface area contributed by atoms with Gasteiger partial charge in [-0.2, -0.15) is 0 Å². The van der Waals surface area contributed by atoms with Gasteiger partial charge >= 0.3 is 5.97 Å². The predicted octanol–water partition coefficient (Wildman–Crippen LogP) is 4.24. The molecule has 0 saturated carbocycles. The first-order valence-corrected chi connectivity index (χ1v) is 8.88. The lowest BCUT2D eigenvalue weighted by molar-refractivity contribution is 0.0693. The molecule has 0 bridgehead atoms. The predicted molar refractivity (Wildman–Crippen MR) is 99.3 cm³/mol. The Balaban J connectivity index is 1.79. The number of carboxylic acids is 1. The lowest BCUT2D eigenvalue weighted by Crippen LogP contribution is -2.33. The minimum absolute atomic E-state index is 0.303. The molecule has 3 rings (SSSR count). The van der Waals surface area contributed by atoms with E-state index in [1.807, 2.05) is 18.2 Å². The van der Waals surface area contributed by atoms with Crippen LogP contribution in [0.5, 0.6) is 0 Å². The van der Waals surface area contributed by atoms with E-state index in [-0.39, 0.29) is 0 Å². The zero-order valence-electron chi connectivity index (χ0n) is 14.3. The Kier molecular flexibility index (Phi) is 5.96. The van der Waals surface area contributed by atoms with Gasteiger partial charge in [0.05, 0.1) is 11.3 Å². The van der Waals surface area contributed by atoms with E-state index in [0.717, 1.165) is 19.4 Å². The van der Waals surface area contributed by atoms with Gasteiger partial charge in [-0.05, 0) is 37.1 Å². The van der Waals surface area contributed by atoms with Crippen LogP contribution in [-0.2, 0) is 6.54 Å². The van der Waals surface area contributed by atoms with Crippen molar-refractivity contribution in [3.8, 4) is 0 Å². The van der Waals surface area contributed by atoms with Gasteiger partial charge in [0.2, 0.25) is 0 Å². The van der Waals surface area contributed by atoms with Crippen LogP contribution < -0.4 is 0 Å². The fourth-order valence-corrected chi connectivity index (χ4v) is 3.35. The van der Waals surface area contributed by atoms with Crippen LogP contribution in [0.1, 0.15) is 47.3 Å². The van der Waals surface area contributed by atoms with E-state index in [2.05, 4.69) is 34.2 Å². The smallest absolute Gasteiger partial charge is 0.337 e. The van der Waals surface area contributed by atoms with Crippen molar-refractivity contribution in [2.75, 3.05) is 6.54 Å². The highest BCUT2D eigenvalue weighted by molar-refractivity contribution is 5.88. The lowest BCUT2D eigenvalue weighted by atomic mass is 10.1. The van der Waals surface area contributed by atoms with Gasteiger partial charge in [0, 0.05) is 18.8 Å². The summed E-state index contributed by atoms with van der Waals surface area (Å²) < 4.78 is 0. The molecule has 1 atom stereocenters. The Bertz CT molecular complexity index is 728. The first-order valence-electron chi connectivity index (χ1n) is 8.88. The highest BCUT2D eigenvalue weighted by Crippen LogP contribution is 2.21. The van der Waals surface area contributed by atoms with Crippen LogP contribution in [0.15, 0.2) is 54.7 Å². The summed E-state index contributed by atoms with van der Waals surface area (Å²) in [7, 11) is 0. The van der Waals surface area contributed by atoms with Gasteiger partial charge in [-0.1, -0.05) is 55.3 Å². The fourth-order valence-electron chi connectivity index (χ4n) is 3.35. The third-order valence-corrected chi connectivity index (χ3v) is 4.70. The summed E-state index contributed by atoms with van der Waals surface area (Å²) in [6, 6.07) is 13.9. The molecular formula is C21H24N2O2. The molecule has 1 aromatic heterocycles. The molecule has 0 amide bonds. The van der Waals surface area contributed by atoms with E-state index < -0.39 is 5.97 Å². The fraction of sp³-hybridized carbons (Fsp3) is 0.333. The van der Waals surface area contributed by atoms with Gasteiger partial charge in [0.1, 0.15) is 0 Å². The van der Waals surface area contributed by atoms with Crippen LogP contribution in [-0.4, -0.2) is 33.5 Å².